The number of hydrogen-bond donors (Lipinski definition) is 3. The van der Waals surface area contributed by atoms with Gasteiger partial charge in [-0.3, -0.25) is 0 Å². The zero-order valence-electron chi connectivity index (χ0n) is 19.3. The molecule has 0 aliphatic heterocycles. The highest BCUT2D eigenvalue weighted by atomic mass is 16.5. The Labute approximate surface area is 201 Å². The van der Waals surface area contributed by atoms with Crippen molar-refractivity contribution in [3.8, 4) is 0 Å². The van der Waals surface area contributed by atoms with Crippen LogP contribution in [0.2, 0.25) is 0 Å². The lowest BCUT2D eigenvalue weighted by atomic mass is 10.1. The summed E-state index contributed by atoms with van der Waals surface area (Å²) < 4.78 is 8.82. The topological polar surface area (TPSA) is 139 Å². The van der Waals surface area contributed by atoms with E-state index in [1.807, 2.05) is 36.4 Å². The fourth-order valence-electron chi connectivity index (χ4n) is 4.12. The molecule has 5 N–H and O–H groups in total. The molecule has 0 saturated heterocycles. The lowest BCUT2D eigenvalue weighted by Gasteiger charge is -2.12. The predicted octanol–water partition coefficient (Wildman–Crippen LogP) is 2.29. The van der Waals surface area contributed by atoms with Gasteiger partial charge in [-0.1, -0.05) is 42.5 Å². The van der Waals surface area contributed by atoms with Gasteiger partial charge in [-0.05, 0) is 23.3 Å². The van der Waals surface area contributed by atoms with Crippen molar-refractivity contribution in [3.05, 3.63) is 88.2 Å². The first-order chi connectivity index (χ1) is 17.0. The summed E-state index contributed by atoms with van der Waals surface area (Å²) in [6.45, 7) is 1.64. The number of fused-ring (bicyclic) bond motifs is 3. The number of nitrogens with zero attached hydrogens (tertiary/aromatic N) is 5. The molecule has 3 aromatic heterocycles. The van der Waals surface area contributed by atoms with E-state index in [0.717, 1.165) is 33.4 Å². The van der Waals surface area contributed by atoms with E-state index in [1.54, 1.807) is 19.4 Å². The van der Waals surface area contributed by atoms with Gasteiger partial charge >= 0.3 is 5.69 Å². The molecule has 0 bridgehead atoms. The van der Waals surface area contributed by atoms with Crippen molar-refractivity contribution in [2.24, 2.45) is 0 Å². The van der Waals surface area contributed by atoms with Crippen LogP contribution >= 0.6 is 0 Å². The van der Waals surface area contributed by atoms with Crippen molar-refractivity contribution in [3.63, 3.8) is 0 Å². The van der Waals surface area contributed by atoms with Crippen molar-refractivity contribution in [1.82, 2.24) is 24.2 Å². The van der Waals surface area contributed by atoms with Crippen LogP contribution in [0.3, 0.4) is 0 Å². The fourth-order valence-corrected chi connectivity index (χ4v) is 4.12. The summed E-state index contributed by atoms with van der Waals surface area (Å²) in [5, 5.41) is 1.01. The number of methoxy groups -OCH3 is 1. The van der Waals surface area contributed by atoms with Crippen LogP contribution in [0.4, 0.5) is 11.6 Å². The number of para-hydroxylation sites is 1. The first-order valence-corrected chi connectivity index (χ1v) is 11.2. The van der Waals surface area contributed by atoms with E-state index in [0.29, 0.717) is 37.5 Å². The zero-order chi connectivity index (χ0) is 24.4. The molecule has 5 rings (SSSR count). The molecule has 0 atom stereocenters. The monoisotopic (exact) mass is 470 g/mol. The molecule has 10 nitrogen and oxygen atoms in total. The van der Waals surface area contributed by atoms with Crippen LogP contribution in [-0.4, -0.2) is 37.9 Å². The van der Waals surface area contributed by atoms with Gasteiger partial charge in [0, 0.05) is 31.7 Å². The van der Waals surface area contributed by atoms with Gasteiger partial charge in [-0.25, -0.2) is 19.4 Å². The number of nitrogens with one attached hydrogen (secondary N) is 1. The quantitative estimate of drug-likeness (QED) is 0.314. The van der Waals surface area contributed by atoms with Gasteiger partial charge in [-0.2, -0.15) is 4.98 Å². The maximum Gasteiger partial charge on any atom is 0.368 e. The number of rotatable bonds is 8. The van der Waals surface area contributed by atoms with E-state index in [1.165, 1.54) is 4.68 Å². The highest BCUT2D eigenvalue weighted by Crippen LogP contribution is 2.29. The van der Waals surface area contributed by atoms with E-state index < -0.39 is 5.69 Å². The lowest BCUT2D eigenvalue weighted by Crippen LogP contribution is -2.30. The van der Waals surface area contributed by atoms with Gasteiger partial charge in [0.25, 0.3) is 0 Å². The lowest BCUT2D eigenvalue weighted by molar-refractivity contribution is 0.200. The van der Waals surface area contributed by atoms with Gasteiger partial charge < -0.3 is 26.2 Å². The molecule has 0 aliphatic rings. The van der Waals surface area contributed by atoms with Crippen LogP contribution in [-0.2, 0) is 24.2 Å². The second kappa shape index (κ2) is 9.43. The highest BCUT2D eigenvalue weighted by molar-refractivity contribution is 6.06. The van der Waals surface area contributed by atoms with E-state index in [2.05, 4.69) is 32.1 Å². The van der Waals surface area contributed by atoms with Gasteiger partial charge in [-0.15, -0.1) is 0 Å². The van der Waals surface area contributed by atoms with Crippen molar-refractivity contribution in [1.29, 1.82) is 0 Å². The molecule has 0 radical (unpaired) electrons. The summed E-state index contributed by atoms with van der Waals surface area (Å²) in [5.41, 5.74) is 19.1. The van der Waals surface area contributed by atoms with Crippen molar-refractivity contribution in [2.45, 2.75) is 19.5 Å². The summed E-state index contributed by atoms with van der Waals surface area (Å²) in [6, 6.07) is 17.7. The molecule has 0 unspecified atom stereocenters. The zero-order valence-corrected chi connectivity index (χ0v) is 19.3. The Morgan fingerprint density at radius 2 is 1.74 bits per heavy atom. The number of nitrogens with two attached hydrogens (primary N) is 2. The third-order valence-electron chi connectivity index (χ3n) is 5.86. The molecule has 0 amide bonds. The maximum atomic E-state index is 11.9. The Morgan fingerprint density at radius 1 is 0.971 bits per heavy atom. The molecule has 3 heterocycles. The number of hydrogen-bond acceptors (Lipinski definition) is 8. The van der Waals surface area contributed by atoms with Crippen LogP contribution < -0.4 is 22.6 Å². The number of benzene rings is 2. The molecule has 0 spiro atoms. The molecule has 2 aromatic carbocycles. The second-order valence-corrected chi connectivity index (χ2v) is 8.22. The largest absolute Gasteiger partial charge is 0.384 e. The average Bonchev–Trinajstić information content (AvgIpc) is 3.22. The van der Waals surface area contributed by atoms with Crippen molar-refractivity contribution in [2.75, 3.05) is 30.6 Å². The first-order valence-electron chi connectivity index (χ1n) is 11.2. The van der Waals surface area contributed by atoms with E-state index >= 15 is 0 Å². The van der Waals surface area contributed by atoms with Gasteiger partial charge in [0.1, 0.15) is 17.2 Å². The molecule has 178 valence electrons. The summed E-state index contributed by atoms with van der Waals surface area (Å²) >= 11 is 0. The molecule has 0 aliphatic carbocycles. The number of pyridine rings is 1. The normalized spacial score (nSPS) is 11.3. The number of aromatic nitrogens is 5. The third kappa shape index (κ3) is 4.51. The Balaban J connectivity index is 1.44. The van der Waals surface area contributed by atoms with Crippen LogP contribution in [0.5, 0.6) is 0 Å². The molecule has 5 aromatic rings. The molecular formula is C25H26N8O2. The summed E-state index contributed by atoms with van der Waals surface area (Å²) in [5.74, 6) is 1.51. The number of nitrogen functional groups attached to an aromatic ring is 2. The van der Waals surface area contributed by atoms with Crippen LogP contribution in [0.1, 0.15) is 17.0 Å². The van der Waals surface area contributed by atoms with Crippen molar-refractivity contribution >= 4 is 33.6 Å². The van der Waals surface area contributed by atoms with E-state index in [4.69, 9.17) is 21.2 Å². The molecule has 10 heteroatoms. The predicted molar refractivity (Wildman–Crippen MR) is 137 cm³/mol. The molecule has 0 saturated carbocycles. The minimum absolute atomic E-state index is 0.194. The molecule has 0 fully saturated rings. The smallest absolute Gasteiger partial charge is 0.368 e. The van der Waals surface area contributed by atoms with Crippen LogP contribution in [0.15, 0.2) is 65.6 Å². The number of anilines is 2. The second-order valence-electron chi connectivity index (χ2n) is 8.22. The molecule has 35 heavy (non-hydrogen) atoms. The van der Waals surface area contributed by atoms with Crippen molar-refractivity contribution < 1.29 is 4.74 Å². The Bertz CT molecular complexity index is 1560. The van der Waals surface area contributed by atoms with E-state index in [-0.39, 0.29) is 5.82 Å². The minimum Gasteiger partial charge on any atom is -0.384 e. The van der Waals surface area contributed by atoms with Crippen LogP contribution in [0, 0.1) is 0 Å². The van der Waals surface area contributed by atoms with Gasteiger partial charge in [0.15, 0.2) is 5.82 Å². The maximum absolute atomic E-state index is 11.9. The van der Waals surface area contributed by atoms with E-state index in [9.17, 15) is 4.79 Å². The fraction of sp³-hybridized carbons (Fsp3) is 0.200. The summed E-state index contributed by atoms with van der Waals surface area (Å²) in [4.78, 5) is 25.0. The Morgan fingerprint density at radius 3 is 2.51 bits per heavy atom. The van der Waals surface area contributed by atoms with Gasteiger partial charge in [0.05, 0.1) is 24.2 Å². The molecular weight excluding hydrogens is 444 g/mol. The Kier molecular flexibility index (Phi) is 6.02. The first kappa shape index (κ1) is 22.4. The summed E-state index contributed by atoms with van der Waals surface area (Å²) in [6.07, 6.45) is 2.22. The standard InChI is InChI=1S/C25H26N8O2/c1-35-13-11-21-31-22-23(18-4-2-3-5-19(18)29-24(22)27)32(21)15-17-8-6-16(7-9-17)14-28-33-12-10-20(26)30-25(33)34/h2-10,12,28H,11,13-15H2,1H3,(H2,27,29)(H2,26,30,34). The van der Waals surface area contributed by atoms with Crippen LogP contribution in [0.25, 0.3) is 21.9 Å². The Hall–Kier alpha value is -4.44. The number of imidazole rings is 1. The highest BCUT2D eigenvalue weighted by Gasteiger charge is 2.17. The summed E-state index contributed by atoms with van der Waals surface area (Å²) in [7, 11) is 1.68. The SMILES string of the molecule is COCCc1nc2c(N)nc3ccccc3c2n1Cc1ccc(CNn2ccc(N)nc2=O)cc1. The third-order valence-corrected chi connectivity index (χ3v) is 5.86. The average molecular weight is 471 g/mol. The number of ether oxygens (including phenoxy) is 1. The van der Waals surface area contributed by atoms with Gasteiger partial charge in [0.2, 0.25) is 0 Å². The minimum atomic E-state index is -0.446.